The molecule has 1 aliphatic rings. The number of phenols is 2. The second kappa shape index (κ2) is 16.9. The largest absolute Gasteiger partial charge is 0.507 e. The maximum absolute atomic E-state index is 12.6. The number of aromatic nitrogens is 2. The van der Waals surface area contributed by atoms with E-state index in [0.29, 0.717) is 38.9 Å². The fourth-order valence-electron chi connectivity index (χ4n) is 8.29. The van der Waals surface area contributed by atoms with Gasteiger partial charge in [0.05, 0.1) is 0 Å². The Morgan fingerprint density at radius 3 is 0.839 bits per heavy atom. The van der Waals surface area contributed by atoms with Gasteiger partial charge in [0.25, 0.3) is 0 Å². The average Bonchev–Trinajstić information content (AvgIpc) is 3.18. The number of phenolic OH excluding ortho intramolecular Hbond substituents is 2. The van der Waals surface area contributed by atoms with Crippen LogP contribution in [0.2, 0.25) is 0 Å². The lowest BCUT2D eigenvalue weighted by Gasteiger charge is -2.28. The van der Waals surface area contributed by atoms with Gasteiger partial charge in [0.2, 0.25) is 0 Å². The SMILES string of the molecule is CC(C)(C)c1cc2c(O)c(c1)Cc1cc(C(C)(C)C)cc(c1OCc1ccncc1)Cc1cc(C(C)(C)C)cc(c1O)Cc1cc(C(C)(C)C)cc(c1OCc1ccncc1)C2. The van der Waals surface area contributed by atoms with Crippen molar-refractivity contribution < 1.29 is 19.7 Å². The molecule has 2 heterocycles. The highest BCUT2D eigenvalue weighted by atomic mass is 16.5. The third-order valence-electron chi connectivity index (χ3n) is 12.3. The zero-order valence-corrected chi connectivity index (χ0v) is 39.1. The van der Waals surface area contributed by atoms with E-state index < -0.39 is 0 Å². The van der Waals surface area contributed by atoms with Crippen LogP contribution in [0.1, 0.15) is 161 Å². The highest BCUT2D eigenvalue weighted by molar-refractivity contribution is 5.59. The standard InChI is InChI=1S/C56H66N2O4/c1-53(2,3)45-25-37-21-41-29-47(55(7,8)9)31-43(51(41)61-33-35-13-17-57-18-14-35)23-39-27-46(54(4,5)6)28-40(50(39)60)24-44-32-48(56(10,11)12)30-42(22-38(26-45)49(37)59)52(44)62-34-36-15-19-58-20-16-36/h13-20,25-32,59-60H,21-24,33-34H2,1-12H3. The van der Waals surface area contributed by atoms with E-state index >= 15 is 0 Å². The van der Waals surface area contributed by atoms with E-state index in [4.69, 9.17) is 9.47 Å². The second-order valence-corrected chi connectivity index (χ2v) is 21.5. The molecule has 2 aromatic heterocycles. The Hall–Kier alpha value is -5.62. The minimum Gasteiger partial charge on any atom is -0.507 e. The summed E-state index contributed by atoms with van der Waals surface area (Å²) in [7, 11) is 0. The lowest BCUT2D eigenvalue weighted by Crippen LogP contribution is -2.16. The molecule has 8 bridgehead atoms. The Labute approximate surface area is 370 Å². The summed E-state index contributed by atoms with van der Waals surface area (Å²) >= 11 is 0. The summed E-state index contributed by atoms with van der Waals surface area (Å²) < 4.78 is 13.9. The van der Waals surface area contributed by atoms with Crippen LogP contribution in [0.3, 0.4) is 0 Å². The van der Waals surface area contributed by atoms with Gasteiger partial charge in [-0.05, 0) is 124 Å². The highest BCUT2D eigenvalue weighted by Crippen LogP contribution is 2.44. The minimum atomic E-state index is -0.193. The van der Waals surface area contributed by atoms with E-state index in [1.54, 1.807) is 24.8 Å². The van der Waals surface area contributed by atoms with Gasteiger partial charge in [-0.25, -0.2) is 0 Å². The van der Waals surface area contributed by atoms with Gasteiger partial charge in [-0.3, -0.25) is 9.97 Å². The number of benzene rings is 4. The maximum atomic E-state index is 12.6. The summed E-state index contributed by atoms with van der Waals surface area (Å²) in [6.07, 6.45) is 8.95. The third kappa shape index (κ3) is 10.0. The fraction of sp³-hybridized carbons (Fsp3) is 0.393. The quantitative estimate of drug-likeness (QED) is 0.174. The van der Waals surface area contributed by atoms with Crippen LogP contribution in [0.5, 0.6) is 23.0 Å². The van der Waals surface area contributed by atoms with Crippen LogP contribution in [-0.2, 0) is 60.6 Å². The van der Waals surface area contributed by atoms with Gasteiger partial charge in [-0.15, -0.1) is 0 Å². The van der Waals surface area contributed by atoms with Crippen LogP contribution < -0.4 is 9.47 Å². The molecule has 324 valence electrons. The van der Waals surface area contributed by atoms with E-state index in [1.807, 2.05) is 24.3 Å². The van der Waals surface area contributed by atoms with E-state index in [1.165, 1.54) is 11.1 Å². The Balaban J connectivity index is 1.55. The average molecular weight is 831 g/mol. The molecule has 7 rings (SSSR count). The molecule has 0 radical (unpaired) electrons. The van der Waals surface area contributed by atoms with Crippen molar-refractivity contribution in [2.24, 2.45) is 0 Å². The molecule has 0 amide bonds. The van der Waals surface area contributed by atoms with Crippen molar-refractivity contribution in [2.75, 3.05) is 0 Å². The number of nitrogens with zero attached hydrogens (tertiary/aromatic N) is 2. The van der Waals surface area contributed by atoms with Crippen molar-refractivity contribution in [3.63, 3.8) is 0 Å². The molecule has 4 aromatic carbocycles. The van der Waals surface area contributed by atoms with Crippen LogP contribution >= 0.6 is 0 Å². The predicted octanol–water partition coefficient (Wildman–Crippen LogP) is 12.9. The van der Waals surface area contributed by atoms with E-state index in [9.17, 15) is 10.2 Å². The van der Waals surface area contributed by atoms with Crippen molar-refractivity contribution in [3.8, 4) is 23.0 Å². The first-order valence-corrected chi connectivity index (χ1v) is 22.1. The summed E-state index contributed by atoms with van der Waals surface area (Å²) in [5.74, 6) is 2.12. The first-order valence-electron chi connectivity index (χ1n) is 22.1. The molecule has 6 nitrogen and oxygen atoms in total. The Morgan fingerprint density at radius 2 is 0.613 bits per heavy atom. The third-order valence-corrected chi connectivity index (χ3v) is 12.3. The summed E-state index contributed by atoms with van der Waals surface area (Å²) in [5.41, 5.74) is 13.2. The molecular formula is C56H66N2O4. The molecule has 2 N–H and O–H groups in total. The van der Waals surface area contributed by atoms with Gasteiger partial charge in [0, 0.05) is 50.5 Å². The molecule has 62 heavy (non-hydrogen) atoms. The van der Waals surface area contributed by atoms with Crippen molar-refractivity contribution >= 4 is 0 Å². The molecule has 0 spiro atoms. The molecule has 1 aliphatic carbocycles. The number of ether oxygens (including phenoxy) is 2. The molecule has 6 heteroatoms. The second-order valence-electron chi connectivity index (χ2n) is 21.5. The van der Waals surface area contributed by atoms with Crippen LogP contribution in [0.4, 0.5) is 0 Å². The minimum absolute atomic E-state index is 0.185. The lowest BCUT2D eigenvalue weighted by molar-refractivity contribution is 0.299. The monoisotopic (exact) mass is 831 g/mol. The smallest absolute Gasteiger partial charge is 0.126 e. The summed E-state index contributed by atoms with van der Waals surface area (Å²) in [4.78, 5) is 8.48. The van der Waals surface area contributed by atoms with E-state index in [0.717, 1.165) is 78.3 Å². The number of hydrogen-bond acceptors (Lipinski definition) is 6. The van der Waals surface area contributed by atoms with Crippen molar-refractivity contribution in [1.29, 1.82) is 0 Å². The van der Waals surface area contributed by atoms with Crippen molar-refractivity contribution in [2.45, 2.75) is 144 Å². The number of hydrogen-bond donors (Lipinski definition) is 2. The Morgan fingerprint density at radius 1 is 0.387 bits per heavy atom. The van der Waals surface area contributed by atoms with Gasteiger partial charge in [0.1, 0.15) is 36.2 Å². The molecule has 0 fully saturated rings. The number of aromatic hydroxyl groups is 2. The molecule has 0 unspecified atom stereocenters. The first kappa shape index (κ1) is 44.4. The van der Waals surface area contributed by atoms with Crippen LogP contribution in [0.15, 0.2) is 97.6 Å². The fourth-order valence-corrected chi connectivity index (χ4v) is 8.29. The number of rotatable bonds is 6. The Kier molecular flexibility index (Phi) is 12.1. The maximum Gasteiger partial charge on any atom is 0.126 e. The molecule has 0 aliphatic heterocycles. The molecule has 0 atom stereocenters. The lowest BCUT2D eigenvalue weighted by atomic mass is 9.79. The molecule has 0 saturated carbocycles. The molecular weight excluding hydrogens is 765 g/mol. The van der Waals surface area contributed by atoms with Crippen LogP contribution in [0, 0.1) is 0 Å². The zero-order chi connectivity index (χ0) is 44.8. The summed E-state index contributed by atoms with van der Waals surface area (Å²) in [6, 6.07) is 25.7. The highest BCUT2D eigenvalue weighted by Gasteiger charge is 2.28. The van der Waals surface area contributed by atoms with Gasteiger partial charge in [0.15, 0.2) is 0 Å². The first-order chi connectivity index (χ1) is 29.0. The van der Waals surface area contributed by atoms with Crippen LogP contribution in [-0.4, -0.2) is 20.2 Å². The van der Waals surface area contributed by atoms with E-state index in [-0.39, 0.29) is 33.2 Å². The van der Waals surface area contributed by atoms with Crippen molar-refractivity contribution in [1.82, 2.24) is 9.97 Å². The topological polar surface area (TPSA) is 84.7 Å². The van der Waals surface area contributed by atoms with Crippen LogP contribution in [0.25, 0.3) is 0 Å². The number of fused-ring (bicyclic) bond motifs is 8. The number of pyridine rings is 2. The van der Waals surface area contributed by atoms with Crippen molar-refractivity contribution in [3.05, 3.63) is 175 Å². The molecule has 6 aromatic rings. The van der Waals surface area contributed by atoms with E-state index in [2.05, 4.69) is 142 Å². The molecule has 0 saturated heterocycles. The summed E-state index contributed by atoms with van der Waals surface area (Å²) in [6.45, 7) is 27.5. The van der Waals surface area contributed by atoms with Gasteiger partial charge >= 0.3 is 0 Å². The van der Waals surface area contributed by atoms with Gasteiger partial charge < -0.3 is 19.7 Å². The Bertz CT molecular complexity index is 2290. The normalized spacial score (nSPS) is 13.5. The predicted molar refractivity (Wildman–Crippen MR) is 252 cm³/mol. The van der Waals surface area contributed by atoms with Gasteiger partial charge in [-0.2, -0.15) is 0 Å². The van der Waals surface area contributed by atoms with Gasteiger partial charge in [-0.1, -0.05) is 132 Å². The zero-order valence-electron chi connectivity index (χ0n) is 39.1. The summed E-state index contributed by atoms with van der Waals surface area (Å²) in [5, 5.41) is 25.2.